The fourth-order valence-corrected chi connectivity index (χ4v) is 3.80. The number of hydrogen-bond acceptors (Lipinski definition) is 5. The third kappa shape index (κ3) is 2.96. The van der Waals surface area contributed by atoms with Crippen molar-refractivity contribution in [1.82, 2.24) is 4.90 Å². The highest BCUT2D eigenvalue weighted by atomic mass is 16.5. The second-order valence-corrected chi connectivity index (χ2v) is 6.38. The number of fused-ring (bicyclic) bond motifs is 2. The van der Waals surface area contributed by atoms with Crippen molar-refractivity contribution in [3.63, 3.8) is 0 Å². The smallest absolute Gasteiger partial charge is 0.223 e. The summed E-state index contributed by atoms with van der Waals surface area (Å²) in [5.41, 5.74) is 7.60. The van der Waals surface area contributed by atoms with Crippen molar-refractivity contribution in [3.05, 3.63) is 23.3 Å². The number of hydrogen-bond donors (Lipinski definition) is 1. The lowest BCUT2D eigenvalue weighted by Crippen LogP contribution is -2.48. The van der Waals surface area contributed by atoms with Crippen LogP contribution in [0.5, 0.6) is 11.5 Å². The summed E-state index contributed by atoms with van der Waals surface area (Å²) in [6.07, 6.45) is 2.88. The van der Waals surface area contributed by atoms with Gasteiger partial charge in [-0.05, 0) is 42.5 Å². The zero-order valence-electron chi connectivity index (χ0n) is 14.5. The second kappa shape index (κ2) is 6.99. The predicted octanol–water partition coefficient (Wildman–Crippen LogP) is 1.44. The Hall–Kier alpha value is -1.79. The molecule has 2 N–H and O–H groups in total. The van der Waals surface area contributed by atoms with E-state index in [0.29, 0.717) is 32.7 Å². The van der Waals surface area contributed by atoms with Crippen LogP contribution in [0, 0.1) is 0 Å². The zero-order chi connectivity index (χ0) is 17.2. The van der Waals surface area contributed by atoms with Crippen molar-refractivity contribution in [3.8, 4) is 11.5 Å². The van der Waals surface area contributed by atoms with Crippen LogP contribution >= 0.6 is 0 Å². The van der Waals surface area contributed by atoms with Gasteiger partial charge in [0.25, 0.3) is 0 Å². The van der Waals surface area contributed by atoms with E-state index in [4.69, 9.17) is 19.9 Å². The molecule has 6 nitrogen and oxygen atoms in total. The largest absolute Gasteiger partial charge is 0.493 e. The Labute approximate surface area is 142 Å². The van der Waals surface area contributed by atoms with Gasteiger partial charge in [-0.2, -0.15) is 0 Å². The number of nitrogens with two attached hydrogens (primary N) is 1. The van der Waals surface area contributed by atoms with E-state index in [1.807, 2.05) is 11.0 Å². The molecular weight excluding hydrogens is 308 g/mol. The number of methoxy groups -OCH3 is 2. The van der Waals surface area contributed by atoms with Gasteiger partial charge in [-0.25, -0.2) is 0 Å². The highest BCUT2D eigenvalue weighted by molar-refractivity contribution is 5.76. The Bertz CT molecular complexity index is 609. The molecule has 2 heterocycles. The molecule has 1 spiro atoms. The van der Waals surface area contributed by atoms with Gasteiger partial charge in [0, 0.05) is 26.1 Å². The van der Waals surface area contributed by atoms with E-state index < -0.39 is 0 Å². The number of ether oxygens (including phenoxy) is 3. The second-order valence-electron chi connectivity index (χ2n) is 6.38. The van der Waals surface area contributed by atoms with E-state index in [1.54, 1.807) is 14.2 Å². The van der Waals surface area contributed by atoms with Gasteiger partial charge in [-0.3, -0.25) is 4.79 Å². The van der Waals surface area contributed by atoms with Crippen LogP contribution in [0.25, 0.3) is 0 Å². The van der Waals surface area contributed by atoms with Crippen LogP contribution in [-0.4, -0.2) is 51.3 Å². The van der Waals surface area contributed by atoms with Crippen LogP contribution in [-0.2, 0) is 21.6 Å². The number of amides is 1. The molecule has 0 bridgehead atoms. The quantitative estimate of drug-likeness (QED) is 0.902. The average molecular weight is 334 g/mol. The number of nitrogens with zero attached hydrogens (tertiary/aromatic N) is 1. The summed E-state index contributed by atoms with van der Waals surface area (Å²) < 4.78 is 17.1. The van der Waals surface area contributed by atoms with Gasteiger partial charge in [0.05, 0.1) is 26.4 Å². The molecule has 24 heavy (non-hydrogen) atoms. The maximum absolute atomic E-state index is 12.1. The maximum Gasteiger partial charge on any atom is 0.223 e. The standard InChI is InChI=1S/C18H26N2O4/c1-22-15-11-13-4-10-24-18(14(13)12-16(15)23-2)5-8-20(9-6-18)17(21)3-7-19/h11-12H,3-10,19H2,1-2H3. The molecule has 0 aliphatic carbocycles. The molecule has 1 aromatic rings. The third-order valence-corrected chi connectivity index (χ3v) is 5.13. The van der Waals surface area contributed by atoms with E-state index in [9.17, 15) is 4.79 Å². The molecule has 0 aromatic heterocycles. The molecule has 1 amide bonds. The highest BCUT2D eigenvalue weighted by Gasteiger charge is 2.42. The molecule has 0 radical (unpaired) electrons. The van der Waals surface area contributed by atoms with Crippen LogP contribution in [0.3, 0.4) is 0 Å². The Kier molecular flexibility index (Phi) is 4.96. The van der Waals surface area contributed by atoms with Crippen molar-refractivity contribution in [1.29, 1.82) is 0 Å². The first kappa shape index (κ1) is 17.0. The SMILES string of the molecule is COc1cc2c(cc1OC)C1(CCN(C(=O)CCN)CC1)OCC2. The van der Waals surface area contributed by atoms with Crippen LogP contribution in [0.4, 0.5) is 0 Å². The summed E-state index contributed by atoms with van der Waals surface area (Å²) >= 11 is 0. The van der Waals surface area contributed by atoms with Crippen molar-refractivity contribution in [2.75, 3.05) is 40.5 Å². The van der Waals surface area contributed by atoms with Gasteiger partial charge in [-0.15, -0.1) is 0 Å². The third-order valence-electron chi connectivity index (χ3n) is 5.13. The summed E-state index contributed by atoms with van der Waals surface area (Å²) in [6, 6.07) is 4.11. The lowest BCUT2D eigenvalue weighted by molar-refractivity contribution is -0.140. The number of benzene rings is 1. The first-order chi connectivity index (χ1) is 11.6. The molecule has 3 rings (SSSR count). The number of carbonyl (C=O) groups excluding carboxylic acids is 1. The van der Waals surface area contributed by atoms with Gasteiger partial charge < -0.3 is 24.8 Å². The summed E-state index contributed by atoms with van der Waals surface area (Å²) in [6.45, 7) is 2.50. The van der Waals surface area contributed by atoms with Crippen molar-refractivity contribution < 1.29 is 19.0 Å². The molecule has 6 heteroatoms. The van der Waals surface area contributed by atoms with Crippen LogP contribution in [0.2, 0.25) is 0 Å². The molecule has 0 saturated carbocycles. The molecule has 0 atom stereocenters. The molecule has 0 unspecified atom stereocenters. The Balaban J connectivity index is 1.86. The van der Waals surface area contributed by atoms with Crippen molar-refractivity contribution in [2.24, 2.45) is 5.73 Å². The summed E-state index contributed by atoms with van der Waals surface area (Å²) in [4.78, 5) is 14.0. The summed E-state index contributed by atoms with van der Waals surface area (Å²) in [7, 11) is 3.30. The first-order valence-corrected chi connectivity index (χ1v) is 8.50. The van der Waals surface area contributed by atoms with E-state index in [1.165, 1.54) is 11.1 Å². The minimum atomic E-state index is -0.327. The lowest BCUT2D eigenvalue weighted by atomic mass is 9.79. The highest BCUT2D eigenvalue weighted by Crippen LogP contribution is 2.45. The number of rotatable bonds is 4. The van der Waals surface area contributed by atoms with Gasteiger partial charge >= 0.3 is 0 Å². The average Bonchev–Trinajstić information content (AvgIpc) is 2.62. The van der Waals surface area contributed by atoms with Crippen LogP contribution < -0.4 is 15.2 Å². The molecule has 2 aliphatic rings. The van der Waals surface area contributed by atoms with Gasteiger partial charge in [-0.1, -0.05) is 0 Å². The lowest BCUT2D eigenvalue weighted by Gasteiger charge is -2.45. The Morgan fingerprint density at radius 2 is 1.92 bits per heavy atom. The van der Waals surface area contributed by atoms with Crippen LogP contribution in [0.15, 0.2) is 12.1 Å². The molecule has 1 fully saturated rings. The molecule has 2 aliphatic heterocycles. The summed E-state index contributed by atoms with van der Waals surface area (Å²) in [5, 5.41) is 0. The van der Waals surface area contributed by atoms with Crippen molar-refractivity contribution in [2.45, 2.75) is 31.3 Å². The number of piperidine rings is 1. The zero-order valence-corrected chi connectivity index (χ0v) is 14.5. The maximum atomic E-state index is 12.1. The minimum absolute atomic E-state index is 0.135. The fraction of sp³-hybridized carbons (Fsp3) is 0.611. The molecular formula is C18H26N2O4. The fourth-order valence-electron chi connectivity index (χ4n) is 3.80. The monoisotopic (exact) mass is 334 g/mol. The van der Waals surface area contributed by atoms with Crippen LogP contribution in [0.1, 0.15) is 30.4 Å². The Morgan fingerprint density at radius 1 is 1.25 bits per heavy atom. The molecule has 132 valence electrons. The van der Waals surface area contributed by atoms with Crippen molar-refractivity contribution >= 4 is 5.91 Å². The van der Waals surface area contributed by atoms with Gasteiger partial charge in [0.1, 0.15) is 0 Å². The van der Waals surface area contributed by atoms with Gasteiger partial charge in [0.2, 0.25) is 5.91 Å². The molecule has 1 saturated heterocycles. The first-order valence-electron chi connectivity index (χ1n) is 8.50. The van der Waals surface area contributed by atoms with E-state index in [-0.39, 0.29) is 11.5 Å². The number of carbonyl (C=O) groups is 1. The predicted molar refractivity (Wildman–Crippen MR) is 90.4 cm³/mol. The van der Waals surface area contributed by atoms with E-state index in [2.05, 4.69) is 6.07 Å². The van der Waals surface area contributed by atoms with Gasteiger partial charge in [0.15, 0.2) is 11.5 Å². The normalized spacial score (nSPS) is 19.0. The molecule has 1 aromatic carbocycles. The topological polar surface area (TPSA) is 74.0 Å². The Morgan fingerprint density at radius 3 is 2.54 bits per heavy atom. The minimum Gasteiger partial charge on any atom is -0.493 e. The summed E-state index contributed by atoms with van der Waals surface area (Å²) in [5.74, 6) is 1.61. The number of likely N-dealkylation sites (tertiary alicyclic amines) is 1. The van der Waals surface area contributed by atoms with E-state index in [0.717, 1.165) is 30.8 Å². The van der Waals surface area contributed by atoms with E-state index >= 15 is 0 Å².